The molecule has 3 aromatic rings. The molecule has 1 N–H and O–H groups in total. The highest BCUT2D eigenvalue weighted by Crippen LogP contribution is 2.38. The van der Waals surface area contributed by atoms with Gasteiger partial charge in [0.2, 0.25) is 5.78 Å². The fourth-order valence-electron chi connectivity index (χ4n) is 4.87. The van der Waals surface area contributed by atoms with E-state index in [1.165, 1.54) is 4.90 Å². The molecule has 0 radical (unpaired) electrons. The molecule has 37 heavy (non-hydrogen) atoms. The Morgan fingerprint density at radius 2 is 1.57 bits per heavy atom. The first-order valence-electron chi connectivity index (χ1n) is 12.6. The molecule has 2 saturated heterocycles. The Morgan fingerprint density at radius 3 is 2.24 bits per heavy atom. The number of carbonyl (C=O) groups excluding carboxylic acids is 2. The van der Waals surface area contributed by atoms with Crippen LogP contribution in [0.5, 0.6) is 5.75 Å². The maximum Gasteiger partial charge on any atom is 0.295 e. The van der Waals surface area contributed by atoms with Gasteiger partial charge < -0.3 is 24.4 Å². The summed E-state index contributed by atoms with van der Waals surface area (Å²) in [6.07, 6.45) is 0. The first-order valence-corrected chi connectivity index (χ1v) is 12.6. The van der Waals surface area contributed by atoms with Crippen molar-refractivity contribution in [2.45, 2.75) is 12.6 Å². The molecule has 5 rings (SSSR count). The molecule has 2 aliphatic heterocycles. The number of nitrogens with zero attached hydrogens (tertiary/aromatic N) is 1. The predicted octanol–water partition coefficient (Wildman–Crippen LogP) is 1.40. The lowest BCUT2D eigenvalue weighted by molar-refractivity contribution is -0.907. The van der Waals surface area contributed by atoms with E-state index in [-0.39, 0.29) is 5.57 Å². The van der Waals surface area contributed by atoms with Crippen LogP contribution < -0.4 is 14.7 Å². The lowest BCUT2D eigenvalue weighted by Gasteiger charge is -2.30. The number of benzene rings is 3. The van der Waals surface area contributed by atoms with Crippen LogP contribution in [0.15, 0.2) is 90.5 Å². The smallest absolute Gasteiger partial charge is 0.295 e. The number of rotatable bonds is 8. The Hall–Kier alpha value is -3.94. The number of amides is 1. The summed E-state index contributed by atoms with van der Waals surface area (Å²) in [5.74, 6) is -1.15. The van der Waals surface area contributed by atoms with Crippen molar-refractivity contribution >= 4 is 17.4 Å². The molecule has 1 amide bonds. The van der Waals surface area contributed by atoms with Crippen LogP contribution >= 0.6 is 0 Å². The SMILES string of the molecule is O=C1C(=O)N(CC[NH+]2CCOCC2)C(c2ccccc2)C1=C([O-])c1ccc(OCc2ccccc2)cc1. The van der Waals surface area contributed by atoms with E-state index < -0.39 is 23.5 Å². The average molecular weight is 499 g/mol. The summed E-state index contributed by atoms with van der Waals surface area (Å²) in [4.78, 5) is 29.2. The first-order chi connectivity index (χ1) is 18.1. The summed E-state index contributed by atoms with van der Waals surface area (Å²) in [5.41, 5.74) is 2.15. The first kappa shape index (κ1) is 24.7. The van der Waals surface area contributed by atoms with Crippen molar-refractivity contribution in [3.8, 4) is 5.75 Å². The second-order valence-electron chi connectivity index (χ2n) is 9.29. The molecule has 7 heteroatoms. The standard InChI is InChI=1S/C30H30N2O5/c33-28(24-11-13-25(14-12-24)37-21-22-7-3-1-4-8-22)26-27(23-9-5-2-6-10-23)32(30(35)29(26)34)16-15-31-17-19-36-20-18-31/h1-14,27,33H,15-21H2. The van der Waals surface area contributed by atoms with Gasteiger partial charge in [-0.05, 0) is 28.8 Å². The van der Waals surface area contributed by atoms with Crippen molar-refractivity contribution in [3.63, 3.8) is 0 Å². The monoisotopic (exact) mass is 498 g/mol. The van der Waals surface area contributed by atoms with Gasteiger partial charge in [-0.1, -0.05) is 78.6 Å². The topological polar surface area (TPSA) is 83.3 Å². The van der Waals surface area contributed by atoms with E-state index in [0.29, 0.717) is 44.2 Å². The van der Waals surface area contributed by atoms with E-state index in [1.807, 2.05) is 60.7 Å². The molecule has 0 aliphatic carbocycles. The number of carbonyl (C=O) groups is 2. The zero-order chi connectivity index (χ0) is 25.6. The van der Waals surface area contributed by atoms with Gasteiger partial charge in [-0.15, -0.1) is 0 Å². The van der Waals surface area contributed by atoms with Crippen LogP contribution in [-0.2, 0) is 20.9 Å². The normalized spacial score (nSPS) is 19.8. The lowest BCUT2D eigenvalue weighted by Crippen LogP contribution is -3.14. The van der Waals surface area contributed by atoms with Gasteiger partial charge in [0.05, 0.1) is 32.3 Å². The van der Waals surface area contributed by atoms with E-state index in [9.17, 15) is 14.7 Å². The Bertz CT molecular complexity index is 1250. The molecule has 0 spiro atoms. The van der Waals surface area contributed by atoms with Gasteiger partial charge in [-0.2, -0.15) is 0 Å². The summed E-state index contributed by atoms with van der Waals surface area (Å²) < 4.78 is 11.3. The number of hydrogen-bond donors (Lipinski definition) is 1. The largest absolute Gasteiger partial charge is 0.872 e. The van der Waals surface area contributed by atoms with E-state index in [1.54, 1.807) is 29.2 Å². The van der Waals surface area contributed by atoms with E-state index >= 15 is 0 Å². The highest BCUT2D eigenvalue weighted by Gasteiger charge is 2.44. The summed E-state index contributed by atoms with van der Waals surface area (Å²) in [6, 6.07) is 25.1. The zero-order valence-corrected chi connectivity index (χ0v) is 20.6. The van der Waals surface area contributed by atoms with Crippen molar-refractivity contribution in [1.82, 2.24) is 4.90 Å². The van der Waals surface area contributed by atoms with Crippen molar-refractivity contribution in [1.29, 1.82) is 0 Å². The van der Waals surface area contributed by atoms with Gasteiger partial charge in [0.25, 0.3) is 5.91 Å². The molecule has 2 fully saturated rings. The highest BCUT2D eigenvalue weighted by molar-refractivity contribution is 6.46. The lowest BCUT2D eigenvalue weighted by atomic mass is 9.95. The number of likely N-dealkylation sites (tertiary alicyclic amines) is 1. The van der Waals surface area contributed by atoms with Gasteiger partial charge in [0.15, 0.2) is 0 Å². The minimum absolute atomic E-state index is 0.00568. The third kappa shape index (κ3) is 5.58. The Balaban J connectivity index is 1.40. The Morgan fingerprint density at radius 1 is 0.919 bits per heavy atom. The van der Waals surface area contributed by atoms with E-state index in [2.05, 4.69) is 0 Å². The number of nitrogens with one attached hydrogen (secondary N) is 1. The quantitative estimate of drug-likeness (QED) is 0.289. The molecule has 0 saturated carbocycles. The summed E-state index contributed by atoms with van der Waals surface area (Å²) in [6.45, 7) is 4.59. The van der Waals surface area contributed by atoms with Crippen molar-refractivity contribution < 1.29 is 29.1 Å². The van der Waals surface area contributed by atoms with Gasteiger partial charge in [0, 0.05) is 5.57 Å². The minimum atomic E-state index is -0.722. The van der Waals surface area contributed by atoms with Gasteiger partial charge in [-0.25, -0.2) is 0 Å². The van der Waals surface area contributed by atoms with E-state index in [4.69, 9.17) is 9.47 Å². The Kier molecular flexibility index (Phi) is 7.63. The average Bonchev–Trinajstić information content (AvgIpc) is 3.21. The summed E-state index contributed by atoms with van der Waals surface area (Å²) in [5, 5.41) is 13.6. The summed E-state index contributed by atoms with van der Waals surface area (Å²) in [7, 11) is 0. The predicted molar refractivity (Wildman–Crippen MR) is 136 cm³/mol. The Labute approximate surface area is 216 Å². The van der Waals surface area contributed by atoms with Crippen LogP contribution in [0.2, 0.25) is 0 Å². The molecule has 1 atom stereocenters. The second kappa shape index (κ2) is 11.4. The van der Waals surface area contributed by atoms with Gasteiger partial charge in [0.1, 0.15) is 25.4 Å². The number of ketones is 1. The third-order valence-electron chi connectivity index (χ3n) is 6.92. The third-order valence-corrected chi connectivity index (χ3v) is 6.92. The number of hydrogen-bond acceptors (Lipinski definition) is 5. The van der Waals surface area contributed by atoms with Gasteiger partial charge >= 0.3 is 0 Å². The molecule has 2 heterocycles. The molecule has 0 aromatic heterocycles. The van der Waals surface area contributed by atoms with Crippen LogP contribution in [0.1, 0.15) is 22.7 Å². The van der Waals surface area contributed by atoms with Crippen LogP contribution in [0.4, 0.5) is 0 Å². The molecular formula is C30H30N2O5. The van der Waals surface area contributed by atoms with E-state index in [0.717, 1.165) is 24.2 Å². The molecule has 190 valence electrons. The van der Waals surface area contributed by atoms with Crippen LogP contribution in [0.25, 0.3) is 5.76 Å². The molecule has 0 bridgehead atoms. The van der Waals surface area contributed by atoms with Crippen LogP contribution in [-0.4, -0.2) is 56.0 Å². The number of morpholine rings is 1. The van der Waals surface area contributed by atoms with Crippen molar-refractivity contribution in [2.75, 3.05) is 39.4 Å². The van der Waals surface area contributed by atoms with Crippen LogP contribution in [0.3, 0.4) is 0 Å². The molecule has 7 nitrogen and oxygen atoms in total. The maximum absolute atomic E-state index is 13.6. The fraction of sp³-hybridized carbons (Fsp3) is 0.267. The number of ether oxygens (including phenoxy) is 2. The maximum atomic E-state index is 13.6. The zero-order valence-electron chi connectivity index (χ0n) is 20.6. The number of quaternary nitrogens is 1. The second-order valence-corrected chi connectivity index (χ2v) is 9.29. The molecule has 3 aromatic carbocycles. The minimum Gasteiger partial charge on any atom is -0.872 e. The van der Waals surface area contributed by atoms with Gasteiger partial charge in [-0.3, -0.25) is 9.59 Å². The highest BCUT2D eigenvalue weighted by atomic mass is 16.5. The fourth-order valence-corrected chi connectivity index (χ4v) is 4.87. The number of Topliss-reactive ketones (excluding diaryl/α,β-unsaturated/α-hetero) is 1. The van der Waals surface area contributed by atoms with Crippen molar-refractivity contribution in [3.05, 3.63) is 107 Å². The summed E-state index contributed by atoms with van der Waals surface area (Å²) >= 11 is 0. The van der Waals surface area contributed by atoms with Crippen LogP contribution in [0, 0.1) is 0 Å². The molecule has 2 aliphatic rings. The molecule has 1 unspecified atom stereocenters. The molecular weight excluding hydrogens is 468 g/mol. The van der Waals surface area contributed by atoms with Crippen molar-refractivity contribution in [2.24, 2.45) is 0 Å².